The Balaban J connectivity index is 1.95. The maximum atomic E-state index is 5.57. The molecule has 2 N–H and O–H groups in total. The molecule has 1 aliphatic rings. The largest absolute Gasteiger partial charge is 0.326 e. The molecule has 0 aromatic carbocycles. The summed E-state index contributed by atoms with van der Waals surface area (Å²) in [5.74, 6) is 1.22. The van der Waals surface area contributed by atoms with Crippen molar-refractivity contribution in [2.45, 2.75) is 31.7 Å². The molecule has 2 rings (SSSR count). The summed E-state index contributed by atoms with van der Waals surface area (Å²) < 4.78 is 0.370. The second-order valence-electron chi connectivity index (χ2n) is 5.18. The lowest BCUT2D eigenvalue weighted by molar-refractivity contribution is 0.250. The summed E-state index contributed by atoms with van der Waals surface area (Å²) >= 11 is 2.06. The van der Waals surface area contributed by atoms with Crippen molar-refractivity contribution in [1.29, 1.82) is 0 Å². The number of nitrogens with zero attached hydrogens (tertiary/aromatic N) is 2. The summed E-state index contributed by atoms with van der Waals surface area (Å²) in [6.45, 7) is 8.45. The zero-order valence-electron chi connectivity index (χ0n) is 10.6. The van der Waals surface area contributed by atoms with Crippen molar-refractivity contribution in [2.75, 3.05) is 18.8 Å². The van der Waals surface area contributed by atoms with Crippen LogP contribution in [-0.2, 0) is 13.1 Å². The van der Waals surface area contributed by atoms with Crippen LogP contribution >= 0.6 is 11.8 Å². The van der Waals surface area contributed by atoms with Crippen LogP contribution < -0.4 is 5.73 Å². The highest BCUT2D eigenvalue weighted by molar-refractivity contribution is 8.00. The monoisotopic (exact) mass is 251 g/mol. The summed E-state index contributed by atoms with van der Waals surface area (Å²) in [5, 5.41) is 0. The van der Waals surface area contributed by atoms with Gasteiger partial charge in [-0.3, -0.25) is 9.88 Å². The zero-order chi connectivity index (χ0) is 12.3. The van der Waals surface area contributed by atoms with Crippen LogP contribution in [0.2, 0.25) is 0 Å². The van der Waals surface area contributed by atoms with Gasteiger partial charge < -0.3 is 5.73 Å². The molecule has 0 atom stereocenters. The molecule has 1 fully saturated rings. The van der Waals surface area contributed by atoms with Gasteiger partial charge in [0.05, 0.1) is 5.69 Å². The lowest BCUT2D eigenvalue weighted by atomic mass is 10.1. The van der Waals surface area contributed by atoms with Crippen molar-refractivity contribution in [3.05, 3.63) is 29.6 Å². The van der Waals surface area contributed by atoms with Gasteiger partial charge in [-0.2, -0.15) is 11.8 Å². The predicted molar refractivity (Wildman–Crippen MR) is 73.9 cm³/mol. The minimum Gasteiger partial charge on any atom is -0.326 e. The van der Waals surface area contributed by atoms with Crippen LogP contribution in [0, 0.1) is 0 Å². The molecule has 4 heteroatoms. The number of pyridine rings is 1. The average Bonchev–Trinajstić information content (AvgIpc) is 2.29. The normalized spacial score (nSPS) is 20.4. The van der Waals surface area contributed by atoms with E-state index in [2.05, 4.69) is 47.6 Å². The summed E-state index contributed by atoms with van der Waals surface area (Å²) in [6.07, 6.45) is 1.89. The van der Waals surface area contributed by atoms with Crippen molar-refractivity contribution in [2.24, 2.45) is 5.73 Å². The molecule has 1 aromatic heterocycles. The molecule has 0 amide bonds. The molecule has 94 valence electrons. The van der Waals surface area contributed by atoms with Crippen molar-refractivity contribution < 1.29 is 0 Å². The van der Waals surface area contributed by atoms with E-state index < -0.39 is 0 Å². The molecule has 1 aromatic rings. The third kappa shape index (κ3) is 3.69. The zero-order valence-corrected chi connectivity index (χ0v) is 11.5. The number of hydrogen-bond acceptors (Lipinski definition) is 4. The standard InChI is InChI=1S/C13H21N3S/c1-13(2)10-16(5-6-17-13)9-12-4-3-11(7-14)8-15-12/h3-4,8H,5-7,9-10,14H2,1-2H3. The van der Waals surface area contributed by atoms with Gasteiger partial charge >= 0.3 is 0 Å². The molecule has 0 saturated carbocycles. The molecule has 3 nitrogen and oxygen atoms in total. The maximum Gasteiger partial charge on any atom is 0.0544 e. The topological polar surface area (TPSA) is 42.1 Å². The smallest absolute Gasteiger partial charge is 0.0544 e. The Labute approximate surface area is 108 Å². The molecule has 2 heterocycles. The SMILES string of the molecule is CC1(C)CN(Cc2ccc(CN)cn2)CCS1. The van der Waals surface area contributed by atoms with Gasteiger partial charge in [0.25, 0.3) is 0 Å². The molecular weight excluding hydrogens is 230 g/mol. The third-order valence-corrected chi connectivity index (χ3v) is 4.31. The molecule has 0 radical (unpaired) electrons. The fraction of sp³-hybridized carbons (Fsp3) is 0.615. The molecule has 1 saturated heterocycles. The van der Waals surface area contributed by atoms with Gasteiger partial charge in [-0.15, -0.1) is 0 Å². The minimum absolute atomic E-state index is 0.370. The van der Waals surface area contributed by atoms with Crippen molar-refractivity contribution in [3.8, 4) is 0 Å². The van der Waals surface area contributed by atoms with E-state index in [9.17, 15) is 0 Å². The van der Waals surface area contributed by atoms with Crippen LogP contribution in [0.4, 0.5) is 0 Å². The lowest BCUT2D eigenvalue weighted by Gasteiger charge is -2.37. The van der Waals surface area contributed by atoms with E-state index >= 15 is 0 Å². The highest BCUT2D eigenvalue weighted by atomic mass is 32.2. The van der Waals surface area contributed by atoms with E-state index in [1.807, 2.05) is 6.20 Å². The molecule has 0 unspecified atom stereocenters. The summed E-state index contributed by atoms with van der Waals surface area (Å²) in [7, 11) is 0. The Morgan fingerprint density at radius 1 is 1.47 bits per heavy atom. The van der Waals surface area contributed by atoms with Gasteiger partial charge in [-0.05, 0) is 25.5 Å². The van der Waals surface area contributed by atoms with E-state index in [1.54, 1.807) is 0 Å². The van der Waals surface area contributed by atoms with E-state index in [0.717, 1.165) is 30.9 Å². The van der Waals surface area contributed by atoms with Crippen LogP contribution in [0.5, 0.6) is 0 Å². The van der Waals surface area contributed by atoms with Gasteiger partial charge in [0, 0.05) is 42.9 Å². The number of hydrogen-bond donors (Lipinski definition) is 1. The van der Waals surface area contributed by atoms with Crippen molar-refractivity contribution in [1.82, 2.24) is 9.88 Å². The van der Waals surface area contributed by atoms with Gasteiger partial charge in [0.1, 0.15) is 0 Å². The first kappa shape index (κ1) is 12.9. The minimum atomic E-state index is 0.370. The molecular formula is C13H21N3S. The molecule has 17 heavy (non-hydrogen) atoms. The molecule has 0 spiro atoms. The highest BCUT2D eigenvalue weighted by Gasteiger charge is 2.26. The first-order valence-electron chi connectivity index (χ1n) is 6.09. The maximum absolute atomic E-state index is 5.57. The first-order chi connectivity index (χ1) is 8.09. The van der Waals surface area contributed by atoms with Crippen LogP contribution in [0.15, 0.2) is 18.3 Å². The number of aromatic nitrogens is 1. The Morgan fingerprint density at radius 2 is 2.29 bits per heavy atom. The van der Waals surface area contributed by atoms with E-state index in [-0.39, 0.29) is 0 Å². The Kier molecular flexibility index (Phi) is 4.07. The number of rotatable bonds is 3. The van der Waals surface area contributed by atoms with Gasteiger partial charge in [-0.25, -0.2) is 0 Å². The molecule has 1 aliphatic heterocycles. The van der Waals surface area contributed by atoms with Gasteiger partial charge in [0.15, 0.2) is 0 Å². The highest BCUT2D eigenvalue weighted by Crippen LogP contribution is 2.29. The quantitative estimate of drug-likeness (QED) is 0.890. The second-order valence-corrected chi connectivity index (χ2v) is 6.98. The fourth-order valence-corrected chi connectivity index (χ4v) is 3.32. The molecule has 0 bridgehead atoms. The van der Waals surface area contributed by atoms with Crippen LogP contribution in [0.25, 0.3) is 0 Å². The predicted octanol–water partition coefficient (Wildman–Crippen LogP) is 1.87. The Morgan fingerprint density at radius 3 is 2.88 bits per heavy atom. The van der Waals surface area contributed by atoms with E-state index in [4.69, 9.17) is 5.73 Å². The number of thioether (sulfide) groups is 1. The first-order valence-corrected chi connectivity index (χ1v) is 7.08. The summed E-state index contributed by atoms with van der Waals surface area (Å²) in [4.78, 5) is 6.95. The van der Waals surface area contributed by atoms with E-state index in [1.165, 1.54) is 5.75 Å². The third-order valence-electron chi connectivity index (χ3n) is 3.01. The lowest BCUT2D eigenvalue weighted by Crippen LogP contribution is -2.42. The fourth-order valence-electron chi connectivity index (χ4n) is 2.15. The van der Waals surface area contributed by atoms with Crippen LogP contribution in [0.1, 0.15) is 25.1 Å². The Hall–Kier alpha value is -0.580. The Bertz CT molecular complexity index is 361. The van der Waals surface area contributed by atoms with E-state index in [0.29, 0.717) is 11.3 Å². The number of nitrogens with two attached hydrogens (primary N) is 1. The second kappa shape index (κ2) is 5.38. The van der Waals surface area contributed by atoms with Gasteiger partial charge in [0.2, 0.25) is 0 Å². The summed E-state index contributed by atoms with van der Waals surface area (Å²) in [5.41, 5.74) is 7.81. The van der Waals surface area contributed by atoms with Gasteiger partial charge in [-0.1, -0.05) is 6.07 Å². The van der Waals surface area contributed by atoms with Crippen LogP contribution in [-0.4, -0.2) is 33.5 Å². The average molecular weight is 251 g/mol. The summed E-state index contributed by atoms with van der Waals surface area (Å²) in [6, 6.07) is 4.17. The van der Waals surface area contributed by atoms with Crippen molar-refractivity contribution in [3.63, 3.8) is 0 Å². The van der Waals surface area contributed by atoms with Crippen molar-refractivity contribution >= 4 is 11.8 Å². The molecule has 0 aliphatic carbocycles. The van der Waals surface area contributed by atoms with Crippen LogP contribution in [0.3, 0.4) is 0 Å².